The van der Waals surface area contributed by atoms with Crippen LogP contribution in [0.5, 0.6) is 0 Å². The predicted molar refractivity (Wildman–Crippen MR) is 187 cm³/mol. The minimum Gasteiger partial charge on any atom is -1.00 e. The van der Waals surface area contributed by atoms with Crippen molar-refractivity contribution in [3.05, 3.63) is 109 Å². The summed E-state index contributed by atoms with van der Waals surface area (Å²) in [4.78, 5) is 0. The Kier molecular flexibility index (Phi) is 12.1. The molecule has 0 amide bonds. The van der Waals surface area contributed by atoms with Crippen molar-refractivity contribution in [1.29, 1.82) is 0 Å². The number of benzene rings is 3. The Labute approximate surface area is 295 Å². The third-order valence-electron chi connectivity index (χ3n) is 9.70. The van der Waals surface area contributed by atoms with Gasteiger partial charge in [0.15, 0.2) is 0 Å². The van der Waals surface area contributed by atoms with Crippen molar-refractivity contribution in [1.82, 2.24) is 0 Å². The summed E-state index contributed by atoms with van der Waals surface area (Å²) in [6, 6.07) is 23.7. The zero-order valence-electron chi connectivity index (χ0n) is 29.6. The molecule has 0 heterocycles. The van der Waals surface area contributed by atoms with Crippen LogP contribution in [0.2, 0.25) is 0 Å². The Bertz CT molecular complexity index is 1620. The topological polar surface area (TPSA) is 0 Å². The van der Waals surface area contributed by atoms with E-state index in [0.29, 0.717) is 5.92 Å². The molecular formula is C42H54Cl2Zr. The summed E-state index contributed by atoms with van der Waals surface area (Å²) < 4.78 is 5.23. The van der Waals surface area contributed by atoms with Gasteiger partial charge in [0.1, 0.15) is 0 Å². The van der Waals surface area contributed by atoms with E-state index in [9.17, 15) is 0 Å². The maximum atomic E-state index is 2.70. The fraction of sp³-hybridized carbons (Fsp3) is 0.452. The van der Waals surface area contributed by atoms with E-state index < -0.39 is 21.3 Å². The van der Waals surface area contributed by atoms with Gasteiger partial charge in [-0.05, 0) is 0 Å². The van der Waals surface area contributed by atoms with Crippen LogP contribution < -0.4 is 28.1 Å². The molecule has 0 nitrogen and oxygen atoms in total. The quantitative estimate of drug-likeness (QED) is 0.263. The number of halogens is 2. The number of hydrogen-bond donors (Lipinski definition) is 0. The molecule has 0 saturated carbocycles. The van der Waals surface area contributed by atoms with Crippen LogP contribution in [-0.4, -0.2) is 3.21 Å². The Balaban J connectivity index is 0.00000276. The van der Waals surface area contributed by atoms with Crippen LogP contribution in [0.1, 0.15) is 123 Å². The van der Waals surface area contributed by atoms with Crippen molar-refractivity contribution in [2.45, 2.75) is 113 Å². The van der Waals surface area contributed by atoms with Crippen LogP contribution in [0.3, 0.4) is 0 Å². The molecule has 3 heteroatoms. The zero-order chi connectivity index (χ0) is 31.3. The fourth-order valence-electron chi connectivity index (χ4n) is 7.05. The van der Waals surface area contributed by atoms with Gasteiger partial charge in [0.05, 0.1) is 0 Å². The van der Waals surface area contributed by atoms with Crippen LogP contribution in [-0.2, 0) is 38.5 Å². The second-order valence-corrected chi connectivity index (χ2v) is 22.5. The van der Waals surface area contributed by atoms with E-state index in [-0.39, 0.29) is 41.1 Å². The van der Waals surface area contributed by atoms with Crippen LogP contribution in [0, 0.1) is 11.3 Å². The van der Waals surface area contributed by atoms with Gasteiger partial charge >= 0.3 is 272 Å². The monoisotopic (exact) mass is 718 g/mol. The van der Waals surface area contributed by atoms with E-state index in [1.807, 2.05) is 0 Å². The average Bonchev–Trinajstić information content (AvgIpc) is 3.53. The number of hydrogen-bond acceptors (Lipinski definition) is 0. The van der Waals surface area contributed by atoms with Crippen molar-refractivity contribution in [2.24, 2.45) is 11.3 Å². The standard InChI is InChI=1S/C21H25.C13H21.C8H8.2ClH.Zr/c1-20(2,3)16-7-9-18-14(12-16)11-15-13-17(21(4,5)6)8-10-19(15)18;1-5-6-7-11-8-9-12(10-11)13(2,3)4;1-2-8-6-4-3-5-7-8;;;/h7-10,12H,11H2,1-6H3;9-11H,5-7H2,1-4H3;3-7H,1H3;2*1H;/q;;;;;+2/p-2. The Morgan fingerprint density at radius 3 is 2.00 bits per heavy atom. The van der Waals surface area contributed by atoms with Gasteiger partial charge in [-0.15, -0.1) is 0 Å². The summed E-state index contributed by atoms with van der Waals surface area (Å²) in [5.41, 5.74) is 12.5. The molecular weight excluding hydrogens is 667 g/mol. The third-order valence-corrected chi connectivity index (χ3v) is 17.6. The van der Waals surface area contributed by atoms with Crippen LogP contribution >= 0.6 is 0 Å². The molecule has 1 atom stereocenters. The van der Waals surface area contributed by atoms with E-state index >= 15 is 0 Å². The maximum absolute atomic E-state index is 2.70. The molecule has 0 saturated heterocycles. The van der Waals surface area contributed by atoms with E-state index in [2.05, 4.69) is 149 Å². The van der Waals surface area contributed by atoms with Gasteiger partial charge in [0.25, 0.3) is 0 Å². The summed E-state index contributed by atoms with van der Waals surface area (Å²) in [7, 11) is 0. The van der Waals surface area contributed by atoms with E-state index in [0.717, 1.165) is 6.42 Å². The van der Waals surface area contributed by atoms with Gasteiger partial charge in [0, 0.05) is 0 Å². The van der Waals surface area contributed by atoms with Gasteiger partial charge in [0.2, 0.25) is 0 Å². The molecule has 0 N–H and O–H groups in total. The summed E-state index contributed by atoms with van der Waals surface area (Å²) in [6.07, 6.45) is 10.2. The number of fused-ring (bicyclic) bond motifs is 3. The Morgan fingerprint density at radius 2 is 1.42 bits per heavy atom. The van der Waals surface area contributed by atoms with Gasteiger partial charge in [-0.25, -0.2) is 0 Å². The minimum absolute atomic E-state index is 0. The van der Waals surface area contributed by atoms with E-state index in [4.69, 9.17) is 0 Å². The molecule has 0 aromatic heterocycles. The minimum atomic E-state index is -2.66. The number of rotatable bonds is 6. The molecule has 2 aliphatic carbocycles. The summed E-state index contributed by atoms with van der Waals surface area (Å²) in [5, 5.41) is 0. The summed E-state index contributed by atoms with van der Waals surface area (Å²) in [6.45, 7) is 26.4. The second kappa shape index (κ2) is 14.3. The van der Waals surface area contributed by atoms with Crippen molar-refractivity contribution in [3.8, 4) is 11.1 Å². The molecule has 0 radical (unpaired) electrons. The molecule has 3 aromatic carbocycles. The predicted octanol–water partition coefficient (Wildman–Crippen LogP) is 5.02. The fourth-order valence-corrected chi connectivity index (χ4v) is 16.2. The van der Waals surface area contributed by atoms with Gasteiger partial charge in [-0.3, -0.25) is 0 Å². The first-order valence-corrected chi connectivity index (χ1v) is 20.3. The molecule has 0 fully saturated rings. The van der Waals surface area contributed by atoms with Crippen molar-refractivity contribution in [3.63, 3.8) is 0 Å². The van der Waals surface area contributed by atoms with Gasteiger partial charge in [-0.1, -0.05) is 0 Å². The first kappa shape index (κ1) is 37.9. The van der Waals surface area contributed by atoms with Crippen LogP contribution in [0.25, 0.3) is 11.1 Å². The molecule has 1 unspecified atom stereocenters. The molecule has 5 rings (SSSR count). The molecule has 2 aliphatic rings. The summed E-state index contributed by atoms with van der Waals surface area (Å²) >= 11 is -2.66. The van der Waals surface area contributed by atoms with Crippen LogP contribution in [0.15, 0.2) is 81.7 Å². The smallest absolute Gasteiger partial charge is 1.00 e. The Morgan fingerprint density at radius 1 is 0.778 bits per heavy atom. The van der Waals surface area contributed by atoms with E-state index in [1.54, 1.807) is 26.5 Å². The second-order valence-electron chi connectivity index (χ2n) is 16.1. The molecule has 45 heavy (non-hydrogen) atoms. The van der Waals surface area contributed by atoms with Gasteiger partial charge in [-0.2, -0.15) is 0 Å². The SMILES string of the molecule is CCCCC1C=C(C(C)(C)C)C=[C]1/[Zr+2](=[C](\C)c1ccccc1)[c]1c(C(C)(C)C)ccc2c1Cc1cc(C(C)(C)C)ccc1-2.[Cl-].[Cl-]. The summed E-state index contributed by atoms with van der Waals surface area (Å²) in [5.74, 6) is 0.558. The molecule has 3 aromatic rings. The van der Waals surface area contributed by atoms with Gasteiger partial charge < -0.3 is 24.8 Å². The van der Waals surface area contributed by atoms with E-state index in [1.165, 1.54) is 47.1 Å². The van der Waals surface area contributed by atoms with Crippen molar-refractivity contribution >= 4 is 6.48 Å². The largest absolute Gasteiger partial charge is 1.00 e. The molecule has 0 spiro atoms. The molecule has 0 aliphatic heterocycles. The average molecular weight is 721 g/mol. The number of allylic oxidation sites excluding steroid dienone is 4. The number of unbranched alkanes of at least 4 members (excludes halogenated alkanes) is 1. The first-order valence-electron chi connectivity index (χ1n) is 16.6. The first-order chi connectivity index (χ1) is 20.1. The molecule has 0 bridgehead atoms. The van der Waals surface area contributed by atoms with Crippen LogP contribution in [0.4, 0.5) is 0 Å². The molecule has 240 valence electrons. The maximum Gasteiger partial charge on any atom is -1.00 e. The third kappa shape index (κ3) is 7.80. The van der Waals surface area contributed by atoms with Crippen molar-refractivity contribution in [2.75, 3.05) is 0 Å². The van der Waals surface area contributed by atoms with Crippen molar-refractivity contribution < 1.29 is 46.1 Å². The Hall–Kier alpha value is -1.53. The normalized spacial score (nSPS) is 16.2. The zero-order valence-corrected chi connectivity index (χ0v) is 33.6.